The van der Waals surface area contributed by atoms with Crippen LogP contribution >= 0.6 is 11.3 Å². The average molecular weight is 400 g/mol. The number of fused-ring (bicyclic) bond motifs is 1. The minimum atomic E-state index is -0.669. The fourth-order valence-corrected chi connectivity index (χ4v) is 3.42. The van der Waals surface area contributed by atoms with E-state index in [-0.39, 0.29) is 10.6 Å². The van der Waals surface area contributed by atoms with Crippen LogP contribution in [0, 0.1) is 10.1 Å². The summed E-state index contributed by atoms with van der Waals surface area (Å²) in [6.07, 6.45) is 0. The molecule has 0 unspecified atom stereocenters. The standard InChI is InChI=1S/C19H16N2O6S/c1-2-26-15-6-4-3-5-14(15)20-18(22)11-27-19(23)17-10-12-9-13(21(24)25)7-8-16(12)28-17/h3-10H,2,11H2,1H3,(H,20,22). The van der Waals surface area contributed by atoms with E-state index >= 15 is 0 Å². The van der Waals surface area contributed by atoms with Crippen molar-refractivity contribution in [3.63, 3.8) is 0 Å². The molecule has 2 aromatic carbocycles. The minimum absolute atomic E-state index is 0.0578. The second-order valence-electron chi connectivity index (χ2n) is 5.64. The summed E-state index contributed by atoms with van der Waals surface area (Å²) in [6.45, 7) is 1.82. The number of para-hydroxylation sites is 2. The van der Waals surface area contributed by atoms with Gasteiger partial charge in [0.05, 0.1) is 17.2 Å². The van der Waals surface area contributed by atoms with E-state index in [1.54, 1.807) is 30.3 Å². The first kappa shape index (κ1) is 19.3. The van der Waals surface area contributed by atoms with E-state index in [4.69, 9.17) is 9.47 Å². The van der Waals surface area contributed by atoms with Crippen LogP contribution in [0.25, 0.3) is 10.1 Å². The smallest absolute Gasteiger partial charge is 0.348 e. The van der Waals surface area contributed by atoms with Gasteiger partial charge in [0.15, 0.2) is 6.61 Å². The van der Waals surface area contributed by atoms with Crippen molar-refractivity contribution >= 4 is 44.7 Å². The Morgan fingerprint density at radius 1 is 1.18 bits per heavy atom. The second-order valence-corrected chi connectivity index (χ2v) is 6.73. The molecule has 144 valence electrons. The summed E-state index contributed by atoms with van der Waals surface area (Å²) in [6, 6.07) is 12.8. The molecule has 0 radical (unpaired) electrons. The summed E-state index contributed by atoms with van der Waals surface area (Å²) in [7, 11) is 0. The molecule has 0 atom stereocenters. The number of hydrogen-bond acceptors (Lipinski definition) is 7. The number of ether oxygens (including phenoxy) is 2. The number of hydrogen-bond donors (Lipinski definition) is 1. The number of benzene rings is 2. The fraction of sp³-hybridized carbons (Fsp3) is 0.158. The number of esters is 1. The summed E-state index contributed by atoms with van der Waals surface area (Å²) in [5, 5.41) is 14.0. The predicted octanol–water partition coefficient (Wildman–Crippen LogP) is 4.00. The van der Waals surface area contributed by atoms with E-state index in [1.807, 2.05) is 6.92 Å². The van der Waals surface area contributed by atoms with Crippen molar-refractivity contribution in [2.24, 2.45) is 0 Å². The monoisotopic (exact) mass is 400 g/mol. The van der Waals surface area contributed by atoms with Gasteiger partial charge in [0.25, 0.3) is 11.6 Å². The summed E-state index contributed by atoms with van der Waals surface area (Å²) >= 11 is 1.14. The Balaban J connectivity index is 1.63. The maximum Gasteiger partial charge on any atom is 0.348 e. The Morgan fingerprint density at radius 3 is 2.71 bits per heavy atom. The molecule has 0 spiro atoms. The van der Waals surface area contributed by atoms with Crippen molar-refractivity contribution in [3.8, 4) is 5.75 Å². The molecule has 1 heterocycles. The third-order valence-electron chi connectivity index (χ3n) is 3.71. The van der Waals surface area contributed by atoms with Crippen LogP contribution in [0.1, 0.15) is 16.6 Å². The van der Waals surface area contributed by atoms with Gasteiger partial charge in [0.1, 0.15) is 10.6 Å². The van der Waals surface area contributed by atoms with Gasteiger partial charge in [-0.05, 0) is 31.2 Å². The summed E-state index contributed by atoms with van der Waals surface area (Å²) < 4.78 is 11.2. The Bertz CT molecular complexity index is 1050. The zero-order valence-electron chi connectivity index (χ0n) is 14.8. The molecular formula is C19H16N2O6S. The van der Waals surface area contributed by atoms with Gasteiger partial charge in [-0.2, -0.15) is 0 Å². The Morgan fingerprint density at radius 2 is 1.96 bits per heavy atom. The Kier molecular flexibility index (Phi) is 5.85. The lowest BCUT2D eigenvalue weighted by Gasteiger charge is -2.11. The van der Waals surface area contributed by atoms with Gasteiger partial charge < -0.3 is 14.8 Å². The third kappa shape index (κ3) is 4.44. The predicted molar refractivity (Wildman–Crippen MR) is 105 cm³/mol. The molecule has 3 rings (SSSR count). The van der Waals surface area contributed by atoms with Gasteiger partial charge >= 0.3 is 5.97 Å². The summed E-state index contributed by atoms with van der Waals surface area (Å²) in [5.74, 6) is -0.648. The lowest BCUT2D eigenvalue weighted by molar-refractivity contribution is -0.384. The largest absolute Gasteiger partial charge is 0.492 e. The number of nitro groups is 1. The van der Waals surface area contributed by atoms with Crippen LogP contribution in [0.15, 0.2) is 48.5 Å². The van der Waals surface area contributed by atoms with Crippen LogP contribution in [-0.2, 0) is 9.53 Å². The number of non-ortho nitro benzene ring substituents is 1. The zero-order valence-corrected chi connectivity index (χ0v) is 15.7. The van der Waals surface area contributed by atoms with Crippen molar-refractivity contribution in [3.05, 3.63) is 63.5 Å². The van der Waals surface area contributed by atoms with E-state index in [0.29, 0.717) is 28.1 Å². The minimum Gasteiger partial charge on any atom is -0.492 e. The molecule has 0 bridgehead atoms. The normalized spacial score (nSPS) is 10.5. The van der Waals surface area contributed by atoms with Crippen LogP contribution in [0.4, 0.5) is 11.4 Å². The number of thiophene rings is 1. The summed E-state index contributed by atoms with van der Waals surface area (Å²) in [4.78, 5) is 34.9. The number of carbonyl (C=O) groups is 2. The van der Waals surface area contributed by atoms with Gasteiger partial charge in [-0.25, -0.2) is 4.79 Å². The van der Waals surface area contributed by atoms with E-state index in [9.17, 15) is 19.7 Å². The molecule has 0 aliphatic rings. The molecule has 28 heavy (non-hydrogen) atoms. The maximum atomic E-state index is 12.2. The quantitative estimate of drug-likeness (QED) is 0.365. The number of nitrogens with zero attached hydrogens (tertiary/aromatic N) is 1. The molecule has 0 aliphatic carbocycles. The van der Waals surface area contributed by atoms with Crippen molar-refractivity contribution in [2.45, 2.75) is 6.92 Å². The fourth-order valence-electron chi connectivity index (χ4n) is 2.48. The number of nitrogens with one attached hydrogen (secondary N) is 1. The van der Waals surface area contributed by atoms with Crippen molar-refractivity contribution < 1.29 is 24.0 Å². The van der Waals surface area contributed by atoms with Crippen molar-refractivity contribution in [1.29, 1.82) is 0 Å². The van der Waals surface area contributed by atoms with Gasteiger partial charge in [-0.1, -0.05) is 12.1 Å². The van der Waals surface area contributed by atoms with Crippen LogP contribution in [0.3, 0.4) is 0 Å². The molecule has 1 N–H and O–H groups in total. The Hall–Kier alpha value is -3.46. The highest BCUT2D eigenvalue weighted by atomic mass is 32.1. The van der Waals surface area contributed by atoms with Gasteiger partial charge in [-0.3, -0.25) is 14.9 Å². The SMILES string of the molecule is CCOc1ccccc1NC(=O)COC(=O)c1cc2cc([N+](=O)[O-])ccc2s1. The third-order valence-corrected chi connectivity index (χ3v) is 4.80. The highest BCUT2D eigenvalue weighted by molar-refractivity contribution is 7.20. The summed E-state index contributed by atoms with van der Waals surface area (Å²) in [5.41, 5.74) is 0.428. The van der Waals surface area contributed by atoms with Gasteiger partial charge in [-0.15, -0.1) is 11.3 Å². The van der Waals surface area contributed by atoms with Gasteiger partial charge in [0.2, 0.25) is 0 Å². The number of rotatable bonds is 7. The van der Waals surface area contributed by atoms with Crippen LogP contribution in [0.2, 0.25) is 0 Å². The first-order valence-corrected chi connectivity index (χ1v) is 9.16. The zero-order chi connectivity index (χ0) is 20.1. The molecule has 1 amide bonds. The molecular weight excluding hydrogens is 384 g/mol. The highest BCUT2D eigenvalue weighted by Gasteiger charge is 2.16. The van der Waals surface area contributed by atoms with Crippen LogP contribution in [0.5, 0.6) is 5.75 Å². The van der Waals surface area contributed by atoms with E-state index in [0.717, 1.165) is 11.3 Å². The molecule has 8 nitrogen and oxygen atoms in total. The number of anilines is 1. The van der Waals surface area contributed by atoms with E-state index < -0.39 is 23.4 Å². The van der Waals surface area contributed by atoms with E-state index in [2.05, 4.69) is 5.32 Å². The first-order chi connectivity index (χ1) is 13.5. The molecule has 0 saturated carbocycles. The lowest BCUT2D eigenvalue weighted by atomic mass is 10.2. The lowest BCUT2D eigenvalue weighted by Crippen LogP contribution is -2.21. The molecule has 9 heteroatoms. The molecule has 0 saturated heterocycles. The number of nitro benzene ring substituents is 1. The van der Waals surface area contributed by atoms with Crippen LogP contribution < -0.4 is 10.1 Å². The molecule has 3 aromatic rings. The Labute approximate surface area is 163 Å². The van der Waals surface area contributed by atoms with Gasteiger partial charge in [0, 0.05) is 22.2 Å². The topological polar surface area (TPSA) is 108 Å². The van der Waals surface area contributed by atoms with Crippen molar-refractivity contribution in [1.82, 2.24) is 0 Å². The van der Waals surface area contributed by atoms with Crippen molar-refractivity contribution in [2.75, 3.05) is 18.5 Å². The second kappa shape index (κ2) is 8.49. The molecule has 1 aromatic heterocycles. The first-order valence-electron chi connectivity index (χ1n) is 8.34. The number of carbonyl (C=O) groups excluding carboxylic acids is 2. The average Bonchev–Trinajstić information content (AvgIpc) is 3.11. The number of amides is 1. The molecule has 0 fully saturated rings. The van der Waals surface area contributed by atoms with E-state index in [1.165, 1.54) is 18.2 Å². The maximum absolute atomic E-state index is 12.2. The molecule has 0 aliphatic heterocycles. The highest BCUT2D eigenvalue weighted by Crippen LogP contribution is 2.29. The van der Waals surface area contributed by atoms with Crippen LogP contribution in [-0.4, -0.2) is 30.0 Å².